The van der Waals surface area contributed by atoms with E-state index in [1.165, 1.54) is 15.9 Å². The van der Waals surface area contributed by atoms with E-state index < -0.39 is 0 Å². The Balaban J connectivity index is 1.79. The van der Waals surface area contributed by atoms with Gasteiger partial charge in [0.15, 0.2) is 5.78 Å². The third-order valence-corrected chi connectivity index (χ3v) is 6.35. The highest BCUT2D eigenvalue weighted by molar-refractivity contribution is 7.19. The molecule has 7 heteroatoms. The van der Waals surface area contributed by atoms with E-state index in [1.54, 1.807) is 31.2 Å². The number of aryl methyl sites for hydroxylation is 2. The van der Waals surface area contributed by atoms with Gasteiger partial charge < -0.3 is 4.74 Å². The Labute approximate surface area is 188 Å². The number of ketones is 1. The molecule has 158 valence electrons. The van der Waals surface area contributed by atoms with Crippen molar-refractivity contribution in [3.05, 3.63) is 80.2 Å². The molecule has 0 aliphatic carbocycles. The number of Topliss-reactive ketones (excluding diaryl/α,β-unsaturated/α-hetero) is 1. The first kappa shape index (κ1) is 21.3. The lowest BCUT2D eigenvalue weighted by atomic mass is 10.0. The van der Waals surface area contributed by atoms with Crippen LogP contribution in [-0.4, -0.2) is 21.9 Å². The molecule has 0 saturated heterocycles. The number of aromatic nitrogens is 2. The Hall–Kier alpha value is -2.96. The Morgan fingerprint density at radius 1 is 1.10 bits per heavy atom. The van der Waals surface area contributed by atoms with E-state index in [9.17, 15) is 9.59 Å². The van der Waals surface area contributed by atoms with Crippen molar-refractivity contribution in [3.63, 3.8) is 0 Å². The number of hydrogen-bond donors (Lipinski definition) is 0. The summed E-state index contributed by atoms with van der Waals surface area (Å²) in [5.74, 6) is 1.13. The third kappa shape index (κ3) is 4.13. The fourth-order valence-electron chi connectivity index (χ4n) is 3.59. The Bertz CT molecular complexity index is 1320. The molecule has 0 spiro atoms. The Kier molecular flexibility index (Phi) is 5.94. The highest BCUT2D eigenvalue weighted by atomic mass is 35.5. The number of benzene rings is 2. The molecular weight excluding hydrogens is 432 g/mol. The van der Waals surface area contributed by atoms with Crippen LogP contribution in [0.5, 0.6) is 5.75 Å². The summed E-state index contributed by atoms with van der Waals surface area (Å²) in [6, 6.07) is 14.3. The van der Waals surface area contributed by atoms with Gasteiger partial charge in [-0.2, -0.15) is 0 Å². The summed E-state index contributed by atoms with van der Waals surface area (Å²) >= 11 is 7.40. The van der Waals surface area contributed by atoms with Crippen LogP contribution in [0.1, 0.15) is 28.0 Å². The molecule has 2 heterocycles. The first-order chi connectivity index (χ1) is 14.9. The fraction of sp³-hybridized carbons (Fsp3) is 0.208. The zero-order chi connectivity index (χ0) is 22.1. The Morgan fingerprint density at radius 3 is 2.42 bits per heavy atom. The quantitative estimate of drug-likeness (QED) is 0.353. The number of carbonyl (C=O) groups is 1. The van der Waals surface area contributed by atoms with Crippen molar-refractivity contribution in [2.45, 2.75) is 27.3 Å². The maximum atomic E-state index is 13.5. The van der Waals surface area contributed by atoms with Crippen LogP contribution in [0.25, 0.3) is 21.3 Å². The highest BCUT2D eigenvalue weighted by Gasteiger charge is 2.20. The van der Waals surface area contributed by atoms with E-state index >= 15 is 0 Å². The second kappa shape index (κ2) is 8.65. The van der Waals surface area contributed by atoms with Crippen LogP contribution in [0, 0.1) is 13.8 Å². The summed E-state index contributed by atoms with van der Waals surface area (Å²) in [5, 5.41) is 1.10. The first-order valence-corrected chi connectivity index (χ1v) is 11.1. The zero-order valence-corrected chi connectivity index (χ0v) is 19.0. The van der Waals surface area contributed by atoms with Crippen LogP contribution >= 0.6 is 22.9 Å². The van der Waals surface area contributed by atoms with Crippen molar-refractivity contribution in [2.24, 2.45) is 0 Å². The van der Waals surface area contributed by atoms with Crippen LogP contribution in [0.15, 0.2) is 53.3 Å². The van der Waals surface area contributed by atoms with Gasteiger partial charge in [-0.1, -0.05) is 23.7 Å². The minimum absolute atomic E-state index is 0.0765. The molecule has 0 bridgehead atoms. The summed E-state index contributed by atoms with van der Waals surface area (Å²) in [5.41, 5.74) is 2.07. The number of ether oxygens (including phenoxy) is 1. The van der Waals surface area contributed by atoms with Gasteiger partial charge in [0.2, 0.25) is 0 Å². The molecule has 0 amide bonds. The van der Waals surface area contributed by atoms with Crippen LogP contribution in [0.4, 0.5) is 0 Å². The standard InChI is InChI=1S/C24H21ClN2O3S/c1-4-30-19-11-7-17(8-12-19)21-14(2)31-23-22(21)24(29)27(15(3)26-23)13-20(28)16-5-9-18(25)10-6-16/h5-12H,4,13H2,1-3H3. The van der Waals surface area contributed by atoms with E-state index in [4.69, 9.17) is 16.3 Å². The van der Waals surface area contributed by atoms with Crippen molar-refractivity contribution in [2.75, 3.05) is 6.61 Å². The maximum absolute atomic E-state index is 13.5. The molecule has 0 N–H and O–H groups in total. The maximum Gasteiger partial charge on any atom is 0.263 e. The molecule has 0 radical (unpaired) electrons. The molecule has 31 heavy (non-hydrogen) atoms. The van der Waals surface area contributed by atoms with Crippen LogP contribution in [-0.2, 0) is 6.54 Å². The lowest BCUT2D eigenvalue weighted by Crippen LogP contribution is -2.27. The van der Waals surface area contributed by atoms with Crippen molar-refractivity contribution in [1.82, 2.24) is 9.55 Å². The van der Waals surface area contributed by atoms with Gasteiger partial charge in [0.1, 0.15) is 16.4 Å². The number of carbonyl (C=O) groups excluding carboxylic acids is 1. The first-order valence-electron chi connectivity index (χ1n) is 9.91. The summed E-state index contributed by atoms with van der Waals surface area (Å²) in [4.78, 5) is 32.6. The van der Waals surface area contributed by atoms with E-state index in [2.05, 4.69) is 4.98 Å². The molecule has 2 aromatic carbocycles. The highest BCUT2D eigenvalue weighted by Crippen LogP contribution is 2.36. The van der Waals surface area contributed by atoms with Gasteiger partial charge in [0, 0.05) is 21.0 Å². The number of halogens is 1. The molecule has 0 atom stereocenters. The van der Waals surface area contributed by atoms with E-state index in [0.29, 0.717) is 33.2 Å². The van der Waals surface area contributed by atoms with Crippen LogP contribution in [0.3, 0.4) is 0 Å². The van der Waals surface area contributed by atoms with Gasteiger partial charge in [0.05, 0.1) is 18.5 Å². The number of fused-ring (bicyclic) bond motifs is 1. The molecule has 0 unspecified atom stereocenters. The minimum atomic E-state index is -0.210. The fourth-order valence-corrected chi connectivity index (χ4v) is 4.79. The van der Waals surface area contributed by atoms with Crippen molar-refractivity contribution >= 4 is 38.9 Å². The average molecular weight is 453 g/mol. The molecule has 4 aromatic rings. The molecule has 4 rings (SSSR count). The van der Waals surface area contributed by atoms with E-state index in [1.807, 2.05) is 38.1 Å². The lowest BCUT2D eigenvalue weighted by Gasteiger charge is -2.10. The normalized spacial score (nSPS) is 11.1. The largest absolute Gasteiger partial charge is 0.494 e. The smallest absolute Gasteiger partial charge is 0.263 e. The second-order valence-electron chi connectivity index (χ2n) is 7.15. The number of rotatable bonds is 6. The zero-order valence-electron chi connectivity index (χ0n) is 17.4. The predicted octanol–water partition coefficient (Wildman–Crippen LogP) is 5.68. The molecule has 0 saturated carbocycles. The molecular formula is C24H21ClN2O3S. The monoisotopic (exact) mass is 452 g/mol. The van der Waals surface area contributed by atoms with Crippen LogP contribution < -0.4 is 10.3 Å². The van der Waals surface area contributed by atoms with Gasteiger partial charge in [0.25, 0.3) is 5.56 Å². The molecule has 2 aromatic heterocycles. The minimum Gasteiger partial charge on any atom is -0.494 e. The summed E-state index contributed by atoms with van der Waals surface area (Å²) < 4.78 is 6.97. The topological polar surface area (TPSA) is 61.2 Å². The molecule has 0 aliphatic heterocycles. The predicted molar refractivity (Wildman–Crippen MR) is 126 cm³/mol. The van der Waals surface area contributed by atoms with Gasteiger partial charge in [-0.3, -0.25) is 14.2 Å². The molecule has 5 nitrogen and oxygen atoms in total. The van der Waals surface area contributed by atoms with Gasteiger partial charge in [-0.25, -0.2) is 4.98 Å². The third-order valence-electron chi connectivity index (χ3n) is 5.10. The number of hydrogen-bond acceptors (Lipinski definition) is 5. The van der Waals surface area contributed by atoms with Gasteiger partial charge >= 0.3 is 0 Å². The average Bonchev–Trinajstić information content (AvgIpc) is 3.08. The molecule has 0 aliphatic rings. The second-order valence-corrected chi connectivity index (χ2v) is 8.79. The van der Waals surface area contributed by atoms with Crippen LogP contribution in [0.2, 0.25) is 5.02 Å². The Morgan fingerprint density at radius 2 is 1.77 bits per heavy atom. The summed E-state index contributed by atoms with van der Waals surface area (Å²) in [6.45, 7) is 6.19. The van der Waals surface area contributed by atoms with Crippen molar-refractivity contribution in [1.29, 1.82) is 0 Å². The molecule has 0 fully saturated rings. The number of nitrogens with zero attached hydrogens (tertiary/aromatic N) is 2. The van der Waals surface area contributed by atoms with Gasteiger partial charge in [-0.15, -0.1) is 11.3 Å². The van der Waals surface area contributed by atoms with Crippen molar-refractivity contribution in [3.8, 4) is 16.9 Å². The SMILES string of the molecule is CCOc1ccc(-c2c(C)sc3nc(C)n(CC(=O)c4ccc(Cl)cc4)c(=O)c23)cc1. The number of thiophene rings is 1. The van der Waals surface area contributed by atoms with E-state index in [0.717, 1.165) is 21.8 Å². The summed E-state index contributed by atoms with van der Waals surface area (Å²) in [6.07, 6.45) is 0. The van der Waals surface area contributed by atoms with Crippen molar-refractivity contribution < 1.29 is 9.53 Å². The summed E-state index contributed by atoms with van der Waals surface area (Å²) in [7, 11) is 0. The van der Waals surface area contributed by atoms with Gasteiger partial charge in [-0.05, 0) is 62.7 Å². The van der Waals surface area contributed by atoms with E-state index in [-0.39, 0.29) is 17.9 Å². The lowest BCUT2D eigenvalue weighted by molar-refractivity contribution is 0.0969.